The van der Waals surface area contributed by atoms with Gasteiger partial charge in [0.1, 0.15) is 5.75 Å². The van der Waals surface area contributed by atoms with Gasteiger partial charge in [-0.05, 0) is 57.7 Å². The Morgan fingerprint density at radius 2 is 2.00 bits per heavy atom. The van der Waals surface area contributed by atoms with Crippen LogP contribution in [0.5, 0.6) is 5.75 Å². The maximum Gasteiger partial charge on any atom is 0.252 e. The maximum absolute atomic E-state index is 12.4. The summed E-state index contributed by atoms with van der Waals surface area (Å²) < 4.78 is 5.85. The number of thiophene rings is 2. The summed E-state index contributed by atoms with van der Waals surface area (Å²) in [5, 5.41) is 4.75. The van der Waals surface area contributed by atoms with Crippen LogP contribution in [0.2, 0.25) is 0 Å². The van der Waals surface area contributed by atoms with Crippen molar-refractivity contribution in [2.75, 3.05) is 7.11 Å². The lowest BCUT2D eigenvalue weighted by Crippen LogP contribution is -2.22. The van der Waals surface area contributed by atoms with Crippen molar-refractivity contribution in [1.29, 1.82) is 0 Å². The van der Waals surface area contributed by atoms with E-state index >= 15 is 0 Å². The molecule has 25 heavy (non-hydrogen) atoms. The Hall–Kier alpha value is -1.96. The van der Waals surface area contributed by atoms with E-state index < -0.39 is 0 Å². The number of methoxy groups -OCH3 is 1. The largest absolute Gasteiger partial charge is 0.497 e. The van der Waals surface area contributed by atoms with Gasteiger partial charge >= 0.3 is 0 Å². The minimum atomic E-state index is -0.203. The van der Waals surface area contributed by atoms with Crippen LogP contribution in [0.1, 0.15) is 29.8 Å². The average molecular weight is 436 g/mol. The molecule has 0 aliphatic carbocycles. The van der Waals surface area contributed by atoms with E-state index in [4.69, 9.17) is 4.74 Å². The topological polar surface area (TPSA) is 55.4 Å². The minimum Gasteiger partial charge on any atom is -0.497 e. The molecule has 0 unspecified atom stereocenters. The molecule has 4 nitrogen and oxygen atoms in total. The lowest BCUT2D eigenvalue weighted by atomic mass is 10.2. The fourth-order valence-electron chi connectivity index (χ4n) is 2.19. The van der Waals surface area contributed by atoms with Crippen LogP contribution in [0.4, 0.5) is 0 Å². The number of nitrogens with one attached hydrogen (secondary N) is 1. The SMILES string of the molecule is COc1ccc(Br)c(C(=O)NCc2ccc(C(=O)c3cccs3)s2)c1. The van der Waals surface area contributed by atoms with Gasteiger partial charge < -0.3 is 10.1 Å². The highest BCUT2D eigenvalue weighted by molar-refractivity contribution is 9.10. The first-order valence-corrected chi connectivity index (χ1v) is 9.86. The van der Waals surface area contributed by atoms with E-state index in [1.54, 1.807) is 31.4 Å². The van der Waals surface area contributed by atoms with E-state index in [1.807, 2.05) is 23.6 Å². The van der Waals surface area contributed by atoms with Gasteiger partial charge in [0.25, 0.3) is 5.91 Å². The Kier molecular flexibility index (Phi) is 5.67. The molecule has 2 heterocycles. The monoisotopic (exact) mass is 435 g/mol. The molecule has 0 aliphatic rings. The third kappa shape index (κ3) is 4.18. The molecule has 0 spiro atoms. The molecule has 1 amide bonds. The molecule has 1 aromatic carbocycles. The number of ketones is 1. The fourth-order valence-corrected chi connectivity index (χ4v) is 4.26. The van der Waals surface area contributed by atoms with Crippen LogP contribution < -0.4 is 10.1 Å². The molecule has 0 radical (unpaired) electrons. The van der Waals surface area contributed by atoms with Crippen molar-refractivity contribution < 1.29 is 14.3 Å². The zero-order valence-electron chi connectivity index (χ0n) is 13.2. The second-order valence-electron chi connectivity index (χ2n) is 5.10. The summed E-state index contributed by atoms with van der Waals surface area (Å²) in [5.74, 6) is 0.437. The molecule has 3 rings (SSSR count). The Balaban J connectivity index is 1.66. The van der Waals surface area contributed by atoms with Crippen LogP contribution in [-0.2, 0) is 6.54 Å². The molecule has 0 bridgehead atoms. The summed E-state index contributed by atoms with van der Waals surface area (Å²) in [7, 11) is 1.56. The third-order valence-electron chi connectivity index (χ3n) is 3.47. The first-order chi connectivity index (χ1) is 12.1. The number of halogens is 1. The molecule has 0 fully saturated rings. The normalized spacial score (nSPS) is 10.5. The van der Waals surface area contributed by atoms with E-state index in [1.165, 1.54) is 22.7 Å². The zero-order valence-corrected chi connectivity index (χ0v) is 16.5. The number of hydrogen-bond donors (Lipinski definition) is 1. The van der Waals surface area contributed by atoms with E-state index in [0.29, 0.717) is 27.2 Å². The van der Waals surface area contributed by atoms with Crippen LogP contribution >= 0.6 is 38.6 Å². The molecular formula is C18H14BrNO3S2. The summed E-state index contributed by atoms with van der Waals surface area (Å²) >= 11 is 6.19. The Labute approximate surface area is 161 Å². The van der Waals surface area contributed by atoms with Crippen LogP contribution in [0, 0.1) is 0 Å². The second-order valence-corrected chi connectivity index (χ2v) is 8.07. The van der Waals surface area contributed by atoms with Crippen LogP contribution in [0.15, 0.2) is 52.3 Å². The number of amides is 1. The van der Waals surface area contributed by atoms with E-state index in [-0.39, 0.29) is 11.7 Å². The zero-order chi connectivity index (χ0) is 17.8. The standard InChI is InChI=1S/C18H14BrNO3S2/c1-23-11-4-6-14(19)13(9-11)18(22)20-10-12-5-7-16(25-12)17(21)15-3-2-8-24-15/h2-9H,10H2,1H3,(H,20,22). The van der Waals surface area contributed by atoms with Crippen molar-refractivity contribution in [3.05, 3.63) is 72.5 Å². The van der Waals surface area contributed by atoms with Crippen molar-refractivity contribution >= 4 is 50.3 Å². The van der Waals surface area contributed by atoms with Crippen molar-refractivity contribution in [3.8, 4) is 5.75 Å². The van der Waals surface area contributed by atoms with Crippen molar-refractivity contribution in [2.45, 2.75) is 6.54 Å². The molecule has 3 aromatic rings. The highest BCUT2D eigenvalue weighted by Gasteiger charge is 2.14. The maximum atomic E-state index is 12.4. The number of carbonyl (C=O) groups is 2. The van der Waals surface area contributed by atoms with Gasteiger partial charge in [-0.15, -0.1) is 22.7 Å². The molecule has 0 saturated carbocycles. The van der Waals surface area contributed by atoms with Gasteiger partial charge in [-0.25, -0.2) is 0 Å². The van der Waals surface area contributed by atoms with Gasteiger partial charge in [0.15, 0.2) is 0 Å². The Bertz CT molecular complexity index is 903. The highest BCUT2D eigenvalue weighted by Crippen LogP contribution is 2.24. The second kappa shape index (κ2) is 7.95. The predicted octanol–water partition coefficient (Wildman–Crippen LogP) is 4.74. The summed E-state index contributed by atoms with van der Waals surface area (Å²) in [4.78, 5) is 27.0. The first-order valence-electron chi connectivity index (χ1n) is 7.37. The average Bonchev–Trinajstić information content (AvgIpc) is 3.31. The number of carbonyl (C=O) groups excluding carboxylic acids is 2. The summed E-state index contributed by atoms with van der Waals surface area (Å²) in [6, 6.07) is 12.6. The van der Waals surface area contributed by atoms with Gasteiger partial charge in [0.2, 0.25) is 5.78 Å². The smallest absolute Gasteiger partial charge is 0.252 e. The summed E-state index contributed by atoms with van der Waals surface area (Å²) in [6.07, 6.45) is 0. The summed E-state index contributed by atoms with van der Waals surface area (Å²) in [5.41, 5.74) is 0.505. The van der Waals surface area contributed by atoms with Crippen molar-refractivity contribution in [3.63, 3.8) is 0 Å². The van der Waals surface area contributed by atoms with Crippen LogP contribution in [-0.4, -0.2) is 18.8 Å². The molecule has 0 aliphatic heterocycles. The predicted molar refractivity (Wildman–Crippen MR) is 104 cm³/mol. The van der Waals surface area contributed by atoms with E-state index in [2.05, 4.69) is 21.2 Å². The van der Waals surface area contributed by atoms with Gasteiger partial charge in [-0.3, -0.25) is 9.59 Å². The molecule has 128 valence electrons. The number of hydrogen-bond acceptors (Lipinski definition) is 5. The lowest BCUT2D eigenvalue weighted by Gasteiger charge is -2.08. The van der Waals surface area contributed by atoms with Gasteiger partial charge in [0.05, 0.1) is 29.0 Å². The quantitative estimate of drug-likeness (QED) is 0.568. The fraction of sp³-hybridized carbons (Fsp3) is 0.111. The molecule has 2 aromatic heterocycles. The number of ether oxygens (including phenoxy) is 1. The lowest BCUT2D eigenvalue weighted by molar-refractivity contribution is 0.0949. The van der Waals surface area contributed by atoms with Crippen molar-refractivity contribution in [1.82, 2.24) is 5.32 Å². The first kappa shape index (κ1) is 17.8. The highest BCUT2D eigenvalue weighted by atomic mass is 79.9. The molecule has 1 N–H and O–H groups in total. The van der Waals surface area contributed by atoms with Gasteiger partial charge in [0, 0.05) is 9.35 Å². The van der Waals surface area contributed by atoms with Gasteiger partial charge in [-0.1, -0.05) is 6.07 Å². The molecule has 7 heteroatoms. The Morgan fingerprint density at radius 1 is 1.16 bits per heavy atom. The molecule has 0 atom stereocenters. The van der Waals surface area contributed by atoms with Crippen LogP contribution in [0.25, 0.3) is 0 Å². The van der Waals surface area contributed by atoms with E-state index in [9.17, 15) is 9.59 Å². The van der Waals surface area contributed by atoms with Crippen molar-refractivity contribution in [2.24, 2.45) is 0 Å². The minimum absolute atomic E-state index is 0.0214. The number of rotatable bonds is 6. The van der Waals surface area contributed by atoms with E-state index in [0.717, 1.165) is 9.75 Å². The molecular weight excluding hydrogens is 422 g/mol. The van der Waals surface area contributed by atoms with Gasteiger partial charge in [-0.2, -0.15) is 0 Å². The third-order valence-corrected chi connectivity index (χ3v) is 6.12. The molecule has 0 saturated heterocycles. The number of benzene rings is 1. The Morgan fingerprint density at radius 3 is 2.72 bits per heavy atom. The van der Waals surface area contributed by atoms with Crippen LogP contribution in [0.3, 0.4) is 0 Å². The summed E-state index contributed by atoms with van der Waals surface area (Å²) in [6.45, 7) is 0.366.